The van der Waals surface area contributed by atoms with Gasteiger partial charge in [-0.15, -0.1) is 0 Å². The molecular weight excluding hydrogens is 236 g/mol. The first-order valence-corrected chi connectivity index (χ1v) is 6.47. The first-order valence-electron chi connectivity index (χ1n) is 6.47. The minimum Gasteiger partial charge on any atom is -0.495 e. The van der Waals surface area contributed by atoms with E-state index in [2.05, 4.69) is 36.2 Å². The summed E-state index contributed by atoms with van der Waals surface area (Å²) < 4.78 is 5.36. The summed E-state index contributed by atoms with van der Waals surface area (Å²) >= 11 is 0. The summed E-state index contributed by atoms with van der Waals surface area (Å²) in [7, 11) is 1.64. The molecule has 2 aromatic rings. The average Bonchev–Trinajstić information content (AvgIpc) is 2.47. The molecule has 1 atom stereocenters. The smallest absolute Gasteiger partial charge is 0.142 e. The normalized spacial score (nSPS) is 13.9. The number of nitrogens with two attached hydrogens (primary N) is 1. The maximum Gasteiger partial charge on any atom is 0.142 e. The van der Waals surface area contributed by atoms with Crippen molar-refractivity contribution in [3.05, 3.63) is 59.4 Å². The van der Waals surface area contributed by atoms with E-state index in [-0.39, 0.29) is 0 Å². The lowest BCUT2D eigenvalue weighted by Gasteiger charge is -2.26. The Labute approximate surface area is 114 Å². The van der Waals surface area contributed by atoms with E-state index in [0.717, 1.165) is 17.7 Å². The first-order chi connectivity index (χ1) is 9.09. The van der Waals surface area contributed by atoms with E-state index in [1.165, 1.54) is 5.56 Å². The van der Waals surface area contributed by atoms with Gasteiger partial charge in [-0.3, -0.25) is 4.98 Å². The molecule has 0 aliphatic heterocycles. The Balaban J connectivity index is 2.45. The van der Waals surface area contributed by atoms with Crippen LogP contribution in [-0.2, 0) is 12.0 Å². The number of rotatable bonds is 4. The van der Waals surface area contributed by atoms with Crippen LogP contribution >= 0.6 is 0 Å². The first kappa shape index (κ1) is 13.6. The van der Waals surface area contributed by atoms with E-state index < -0.39 is 5.54 Å². The highest BCUT2D eigenvalue weighted by molar-refractivity contribution is 5.41. The van der Waals surface area contributed by atoms with Crippen LogP contribution in [0.5, 0.6) is 5.75 Å². The Bertz CT molecular complexity index is 547. The average molecular weight is 256 g/mol. The molecule has 3 nitrogen and oxygen atoms in total. The van der Waals surface area contributed by atoms with Crippen LogP contribution in [0.3, 0.4) is 0 Å². The molecule has 1 unspecified atom stereocenters. The third kappa shape index (κ3) is 2.61. The fourth-order valence-electron chi connectivity index (χ4n) is 2.17. The van der Waals surface area contributed by atoms with Gasteiger partial charge in [0.15, 0.2) is 0 Å². The summed E-state index contributed by atoms with van der Waals surface area (Å²) in [4.78, 5) is 4.39. The predicted molar refractivity (Wildman–Crippen MR) is 77.3 cm³/mol. The van der Waals surface area contributed by atoms with Gasteiger partial charge in [-0.05, 0) is 36.6 Å². The molecule has 1 heterocycles. The van der Waals surface area contributed by atoms with Gasteiger partial charge in [-0.25, -0.2) is 0 Å². The molecule has 0 aliphatic carbocycles. The third-order valence-electron chi connectivity index (χ3n) is 3.44. The second kappa shape index (κ2) is 5.41. The van der Waals surface area contributed by atoms with Crippen LogP contribution in [0.1, 0.15) is 30.7 Å². The van der Waals surface area contributed by atoms with Crippen molar-refractivity contribution in [2.24, 2.45) is 5.73 Å². The molecule has 3 heteroatoms. The molecule has 19 heavy (non-hydrogen) atoms. The number of aromatic nitrogens is 1. The molecule has 1 aromatic carbocycles. The molecule has 100 valence electrons. The summed E-state index contributed by atoms with van der Waals surface area (Å²) in [5, 5.41) is 0. The van der Waals surface area contributed by atoms with E-state index in [1.54, 1.807) is 13.3 Å². The molecular formula is C16H20N2O. The summed E-state index contributed by atoms with van der Waals surface area (Å²) in [6.45, 7) is 4.09. The molecule has 0 fully saturated rings. The van der Waals surface area contributed by atoms with Gasteiger partial charge >= 0.3 is 0 Å². The van der Waals surface area contributed by atoms with Gasteiger partial charge in [-0.1, -0.05) is 31.2 Å². The Morgan fingerprint density at radius 3 is 2.47 bits per heavy atom. The van der Waals surface area contributed by atoms with E-state index >= 15 is 0 Å². The van der Waals surface area contributed by atoms with Gasteiger partial charge in [0.1, 0.15) is 11.4 Å². The molecule has 0 amide bonds. The lowest BCUT2D eigenvalue weighted by atomic mass is 9.88. The Hall–Kier alpha value is -1.87. The maximum absolute atomic E-state index is 6.48. The minimum atomic E-state index is -0.668. The summed E-state index contributed by atoms with van der Waals surface area (Å²) in [6.07, 6.45) is 2.76. The Morgan fingerprint density at radius 2 is 1.89 bits per heavy atom. The number of hydrogen-bond acceptors (Lipinski definition) is 3. The number of methoxy groups -OCH3 is 1. The molecule has 0 saturated heterocycles. The van der Waals surface area contributed by atoms with Crippen molar-refractivity contribution in [2.75, 3.05) is 7.11 Å². The zero-order valence-corrected chi connectivity index (χ0v) is 11.7. The van der Waals surface area contributed by atoms with E-state index in [1.807, 2.05) is 19.1 Å². The van der Waals surface area contributed by atoms with Gasteiger partial charge in [0, 0.05) is 6.20 Å². The lowest BCUT2D eigenvalue weighted by molar-refractivity contribution is 0.393. The quantitative estimate of drug-likeness (QED) is 0.915. The SMILES string of the molecule is CCc1ccc(C(C)(N)c2ncccc2OC)cc1. The molecule has 2 rings (SSSR count). The Kier molecular flexibility index (Phi) is 3.86. The predicted octanol–water partition coefficient (Wildman–Crippen LogP) is 2.87. The summed E-state index contributed by atoms with van der Waals surface area (Å²) in [5.74, 6) is 0.715. The number of hydrogen-bond donors (Lipinski definition) is 1. The highest BCUT2D eigenvalue weighted by Crippen LogP contribution is 2.31. The minimum absolute atomic E-state index is 0.668. The van der Waals surface area contributed by atoms with Crippen LogP contribution in [0.15, 0.2) is 42.6 Å². The number of ether oxygens (including phenoxy) is 1. The summed E-state index contributed by atoms with van der Waals surface area (Å²) in [6, 6.07) is 12.1. The molecule has 0 spiro atoms. The molecule has 0 bridgehead atoms. The van der Waals surface area contributed by atoms with Crippen LogP contribution in [0.2, 0.25) is 0 Å². The molecule has 2 N–H and O–H groups in total. The van der Waals surface area contributed by atoms with Crippen molar-refractivity contribution >= 4 is 0 Å². The number of benzene rings is 1. The van der Waals surface area contributed by atoms with Crippen LogP contribution in [0.25, 0.3) is 0 Å². The summed E-state index contributed by atoms with van der Waals surface area (Å²) in [5.41, 5.74) is 8.90. The number of nitrogens with zero attached hydrogens (tertiary/aromatic N) is 1. The van der Waals surface area contributed by atoms with Gasteiger partial charge in [-0.2, -0.15) is 0 Å². The van der Waals surface area contributed by atoms with Crippen LogP contribution in [-0.4, -0.2) is 12.1 Å². The molecule has 0 radical (unpaired) electrons. The standard InChI is InChI=1S/C16H20N2O/c1-4-12-7-9-13(10-8-12)16(2,17)15-14(19-3)6-5-11-18-15/h5-11H,4,17H2,1-3H3. The second-order valence-corrected chi connectivity index (χ2v) is 4.81. The van der Waals surface area contributed by atoms with E-state index in [9.17, 15) is 0 Å². The molecule has 1 aromatic heterocycles. The Morgan fingerprint density at radius 1 is 1.21 bits per heavy atom. The van der Waals surface area contributed by atoms with Crippen molar-refractivity contribution in [3.8, 4) is 5.75 Å². The number of aryl methyl sites for hydroxylation is 1. The van der Waals surface area contributed by atoms with Crippen LogP contribution in [0.4, 0.5) is 0 Å². The largest absolute Gasteiger partial charge is 0.495 e. The van der Waals surface area contributed by atoms with Crippen LogP contribution < -0.4 is 10.5 Å². The topological polar surface area (TPSA) is 48.1 Å². The molecule has 0 aliphatic rings. The van der Waals surface area contributed by atoms with Gasteiger partial charge in [0.05, 0.1) is 12.6 Å². The van der Waals surface area contributed by atoms with Crippen molar-refractivity contribution in [3.63, 3.8) is 0 Å². The zero-order valence-electron chi connectivity index (χ0n) is 11.7. The van der Waals surface area contributed by atoms with Gasteiger partial charge in [0.2, 0.25) is 0 Å². The zero-order chi connectivity index (χ0) is 13.9. The third-order valence-corrected chi connectivity index (χ3v) is 3.44. The fourth-order valence-corrected chi connectivity index (χ4v) is 2.17. The van der Waals surface area contributed by atoms with Crippen LogP contribution in [0, 0.1) is 0 Å². The van der Waals surface area contributed by atoms with Crippen molar-refractivity contribution < 1.29 is 4.74 Å². The van der Waals surface area contributed by atoms with Crippen molar-refractivity contribution in [1.29, 1.82) is 0 Å². The number of pyridine rings is 1. The maximum atomic E-state index is 6.48. The van der Waals surface area contributed by atoms with Gasteiger partial charge in [0.25, 0.3) is 0 Å². The monoisotopic (exact) mass is 256 g/mol. The highest BCUT2D eigenvalue weighted by Gasteiger charge is 2.28. The van der Waals surface area contributed by atoms with Crippen molar-refractivity contribution in [1.82, 2.24) is 4.98 Å². The fraction of sp³-hybridized carbons (Fsp3) is 0.312. The molecule has 0 saturated carbocycles. The second-order valence-electron chi connectivity index (χ2n) is 4.81. The highest BCUT2D eigenvalue weighted by atomic mass is 16.5. The van der Waals surface area contributed by atoms with Crippen molar-refractivity contribution in [2.45, 2.75) is 25.8 Å². The van der Waals surface area contributed by atoms with Gasteiger partial charge < -0.3 is 10.5 Å². The lowest BCUT2D eigenvalue weighted by Crippen LogP contribution is -2.35. The van der Waals surface area contributed by atoms with E-state index in [4.69, 9.17) is 10.5 Å². The van der Waals surface area contributed by atoms with E-state index in [0.29, 0.717) is 5.75 Å².